The first-order valence-corrected chi connectivity index (χ1v) is 4.49. The van der Waals surface area contributed by atoms with Crippen molar-refractivity contribution in [2.75, 3.05) is 17.3 Å². The number of thioether (sulfide) groups is 1. The van der Waals surface area contributed by atoms with Gasteiger partial charge in [-0.1, -0.05) is 0 Å². The summed E-state index contributed by atoms with van der Waals surface area (Å²) in [6, 6.07) is 0. The largest absolute Gasteiger partial charge is 0.331 e. The molecule has 1 aromatic rings. The first-order chi connectivity index (χ1) is 5.33. The highest BCUT2D eigenvalue weighted by Gasteiger charge is 1.99. The average Bonchev–Trinajstić information content (AvgIpc) is 2.40. The fraction of sp³-hybridized carbons (Fsp3) is 0.333. The van der Waals surface area contributed by atoms with Crippen molar-refractivity contribution in [3.8, 4) is 0 Å². The van der Waals surface area contributed by atoms with Crippen molar-refractivity contribution in [1.29, 1.82) is 0 Å². The van der Waals surface area contributed by atoms with Crippen LogP contribution in [0.4, 0.5) is 5.82 Å². The van der Waals surface area contributed by atoms with Gasteiger partial charge >= 0.3 is 0 Å². The predicted octanol–water partition coefficient (Wildman–Crippen LogP) is 0.711. The van der Waals surface area contributed by atoms with E-state index in [0.717, 1.165) is 0 Å². The normalized spacial score (nSPS) is 9.55. The number of aromatic amines is 1. The van der Waals surface area contributed by atoms with Crippen LogP contribution in [0.3, 0.4) is 0 Å². The zero-order valence-electron chi connectivity index (χ0n) is 6.13. The van der Waals surface area contributed by atoms with E-state index < -0.39 is 0 Å². The molecule has 0 spiro atoms. The lowest BCUT2D eigenvalue weighted by Gasteiger charge is -1.98. The molecule has 1 aromatic heterocycles. The van der Waals surface area contributed by atoms with Crippen LogP contribution in [0.5, 0.6) is 0 Å². The Morgan fingerprint density at radius 2 is 2.73 bits per heavy atom. The van der Waals surface area contributed by atoms with Crippen LogP contribution in [-0.2, 0) is 4.79 Å². The van der Waals surface area contributed by atoms with Gasteiger partial charge in [-0.2, -0.15) is 11.8 Å². The van der Waals surface area contributed by atoms with Gasteiger partial charge in [0.2, 0.25) is 5.91 Å². The maximum absolute atomic E-state index is 10.9. The first-order valence-electron chi connectivity index (χ1n) is 3.10. The topological polar surface area (TPSA) is 57.8 Å². The molecule has 5 heteroatoms. The molecule has 0 aliphatic rings. The summed E-state index contributed by atoms with van der Waals surface area (Å²) in [5.41, 5.74) is 0. The molecule has 60 valence electrons. The molecular weight excluding hydrogens is 162 g/mol. The SMILES string of the molecule is CSCC(=O)Nc1cnc[nH]1. The molecule has 1 rings (SSSR count). The quantitative estimate of drug-likeness (QED) is 0.704. The molecule has 0 radical (unpaired) electrons. The molecule has 0 unspecified atom stereocenters. The van der Waals surface area contributed by atoms with Crippen LogP contribution in [0.2, 0.25) is 0 Å². The molecule has 0 saturated carbocycles. The van der Waals surface area contributed by atoms with Crippen molar-refractivity contribution in [2.45, 2.75) is 0 Å². The van der Waals surface area contributed by atoms with E-state index in [1.165, 1.54) is 18.1 Å². The summed E-state index contributed by atoms with van der Waals surface area (Å²) in [6.07, 6.45) is 4.97. The van der Waals surface area contributed by atoms with Crippen LogP contribution in [0.15, 0.2) is 12.5 Å². The van der Waals surface area contributed by atoms with Gasteiger partial charge < -0.3 is 10.3 Å². The Labute approximate surface area is 68.8 Å². The van der Waals surface area contributed by atoms with E-state index in [9.17, 15) is 4.79 Å². The second-order valence-corrected chi connectivity index (χ2v) is 2.81. The van der Waals surface area contributed by atoms with Gasteiger partial charge in [0.05, 0.1) is 18.3 Å². The molecule has 2 N–H and O–H groups in total. The summed E-state index contributed by atoms with van der Waals surface area (Å²) in [6.45, 7) is 0. The number of H-pyrrole nitrogens is 1. The molecule has 11 heavy (non-hydrogen) atoms. The lowest BCUT2D eigenvalue weighted by atomic mass is 10.6. The minimum atomic E-state index is -0.0123. The van der Waals surface area contributed by atoms with Crippen LogP contribution in [0.25, 0.3) is 0 Å². The smallest absolute Gasteiger partial charge is 0.235 e. The summed E-state index contributed by atoms with van der Waals surface area (Å²) in [5, 5.41) is 2.64. The minimum absolute atomic E-state index is 0.0123. The fourth-order valence-electron chi connectivity index (χ4n) is 0.642. The Morgan fingerprint density at radius 1 is 1.91 bits per heavy atom. The van der Waals surface area contributed by atoms with Crippen molar-refractivity contribution in [1.82, 2.24) is 9.97 Å². The van der Waals surface area contributed by atoms with Gasteiger partial charge in [-0.3, -0.25) is 4.79 Å². The second-order valence-electron chi connectivity index (χ2n) is 1.95. The second kappa shape index (κ2) is 4.02. The number of amides is 1. The summed E-state index contributed by atoms with van der Waals surface area (Å²) in [7, 11) is 0. The summed E-state index contributed by atoms with van der Waals surface area (Å²) < 4.78 is 0. The number of rotatable bonds is 3. The van der Waals surface area contributed by atoms with Crippen LogP contribution >= 0.6 is 11.8 Å². The summed E-state index contributed by atoms with van der Waals surface area (Å²) in [5.74, 6) is 1.10. The highest BCUT2D eigenvalue weighted by molar-refractivity contribution is 7.99. The van der Waals surface area contributed by atoms with Gasteiger partial charge in [0, 0.05) is 0 Å². The van der Waals surface area contributed by atoms with Crippen LogP contribution in [-0.4, -0.2) is 27.9 Å². The highest BCUT2D eigenvalue weighted by Crippen LogP contribution is 1.99. The van der Waals surface area contributed by atoms with Crippen molar-refractivity contribution >= 4 is 23.5 Å². The number of aromatic nitrogens is 2. The van der Waals surface area contributed by atoms with E-state index in [-0.39, 0.29) is 5.91 Å². The number of hydrogen-bond acceptors (Lipinski definition) is 3. The Hall–Kier alpha value is -0.970. The van der Waals surface area contributed by atoms with Crippen LogP contribution in [0.1, 0.15) is 0 Å². The van der Waals surface area contributed by atoms with Gasteiger partial charge in [0.25, 0.3) is 0 Å². The highest BCUT2D eigenvalue weighted by atomic mass is 32.2. The van der Waals surface area contributed by atoms with E-state index >= 15 is 0 Å². The monoisotopic (exact) mass is 171 g/mol. The Balaban J connectivity index is 2.37. The third-order valence-corrected chi connectivity index (χ3v) is 1.60. The molecule has 0 aromatic carbocycles. The van der Waals surface area contributed by atoms with Crippen molar-refractivity contribution in [2.24, 2.45) is 0 Å². The first kappa shape index (κ1) is 8.13. The Kier molecular flexibility index (Phi) is 2.97. The molecule has 0 saturated heterocycles. The van der Waals surface area contributed by atoms with E-state index in [1.54, 1.807) is 6.20 Å². The van der Waals surface area contributed by atoms with E-state index in [4.69, 9.17) is 0 Å². The zero-order chi connectivity index (χ0) is 8.10. The molecule has 0 bridgehead atoms. The number of imidazole rings is 1. The maximum Gasteiger partial charge on any atom is 0.235 e. The third-order valence-electron chi connectivity index (χ3n) is 1.05. The number of carbonyl (C=O) groups excluding carboxylic acids is 1. The summed E-state index contributed by atoms with van der Waals surface area (Å²) >= 11 is 1.49. The average molecular weight is 171 g/mol. The van der Waals surface area contributed by atoms with E-state index in [0.29, 0.717) is 11.6 Å². The minimum Gasteiger partial charge on any atom is -0.331 e. The molecule has 4 nitrogen and oxygen atoms in total. The van der Waals surface area contributed by atoms with Crippen molar-refractivity contribution in [3.05, 3.63) is 12.5 Å². The standard InChI is InChI=1S/C6H9N3OS/c1-11-3-6(10)9-5-2-7-4-8-5/h2,4H,3H2,1H3,(H,7,8)(H,9,10). The maximum atomic E-state index is 10.9. The summed E-state index contributed by atoms with van der Waals surface area (Å²) in [4.78, 5) is 17.5. The third kappa shape index (κ3) is 2.63. The zero-order valence-corrected chi connectivity index (χ0v) is 6.94. The number of anilines is 1. The van der Waals surface area contributed by atoms with Gasteiger partial charge in [0.15, 0.2) is 0 Å². The van der Waals surface area contributed by atoms with Crippen molar-refractivity contribution < 1.29 is 4.79 Å². The van der Waals surface area contributed by atoms with Gasteiger partial charge in [-0.05, 0) is 6.26 Å². The van der Waals surface area contributed by atoms with E-state index in [2.05, 4.69) is 15.3 Å². The lowest BCUT2D eigenvalue weighted by Crippen LogP contribution is -2.13. The van der Waals surface area contributed by atoms with Crippen LogP contribution < -0.4 is 5.32 Å². The number of nitrogens with one attached hydrogen (secondary N) is 2. The van der Waals surface area contributed by atoms with Gasteiger partial charge in [-0.25, -0.2) is 4.98 Å². The predicted molar refractivity (Wildman–Crippen MR) is 45.6 cm³/mol. The molecule has 1 heterocycles. The Morgan fingerprint density at radius 3 is 3.27 bits per heavy atom. The fourth-order valence-corrected chi connectivity index (χ4v) is 0.976. The molecule has 1 amide bonds. The molecule has 0 aliphatic carbocycles. The number of hydrogen-bond donors (Lipinski definition) is 2. The lowest BCUT2D eigenvalue weighted by molar-refractivity contribution is -0.113. The van der Waals surface area contributed by atoms with Crippen LogP contribution in [0, 0.1) is 0 Å². The van der Waals surface area contributed by atoms with Crippen molar-refractivity contribution in [3.63, 3.8) is 0 Å². The molecule has 0 atom stereocenters. The molecular formula is C6H9N3OS. The number of carbonyl (C=O) groups is 1. The number of nitrogens with zero attached hydrogens (tertiary/aromatic N) is 1. The van der Waals surface area contributed by atoms with Gasteiger partial charge in [0.1, 0.15) is 5.82 Å². The molecule has 0 aliphatic heterocycles. The Bertz CT molecular complexity index is 222. The molecule has 0 fully saturated rings. The van der Waals surface area contributed by atoms with E-state index in [1.807, 2.05) is 6.26 Å². The van der Waals surface area contributed by atoms with Gasteiger partial charge in [-0.15, -0.1) is 0 Å².